The second-order valence-corrected chi connectivity index (χ2v) is 14.6. The third-order valence-corrected chi connectivity index (χ3v) is 10.4. The molecule has 0 aromatic heterocycles. The van der Waals surface area contributed by atoms with Crippen LogP contribution in [0.3, 0.4) is 0 Å². The van der Waals surface area contributed by atoms with Crippen molar-refractivity contribution in [2.45, 2.75) is 57.5 Å². The molecule has 13 heteroatoms. The van der Waals surface area contributed by atoms with Gasteiger partial charge in [-0.1, -0.05) is 61.5 Å². The fraction of sp³-hybridized carbons (Fsp3) is 0.378. The molecular formula is C45H52N6O7. The maximum absolute atomic E-state index is 14.6. The third kappa shape index (κ3) is 10.3. The topological polar surface area (TPSA) is 221 Å². The number of amides is 2. The van der Waals surface area contributed by atoms with E-state index >= 15 is 0 Å². The number of Topliss-reactive ketones (excluding diaryl/α,β-unsaturated/α-hetero) is 3. The molecule has 4 aromatic carbocycles. The van der Waals surface area contributed by atoms with Crippen molar-refractivity contribution in [3.05, 3.63) is 95.6 Å². The molecule has 5 rings (SSSR count). The lowest BCUT2D eigenvalue weighted by molar-refractivity contribution is -0.142. The molecule has 304 valence electrons. The summed E-state index contributed by atoms with van der Waals surface area (Å²) in [6.07, 6.45) is -0.209. The fourth-order valence-corrected chi connectivity index (χ4v) is 7.44. The summed E-state index contributed by atoms with van der Waals surface area (Å²) in [5, 5.41) is 13.7. The molecule has 4 aromatic rings. The van der Waals surface area contributed by atoms with E-state index in [2.05, 4.69) is 5.32 Å². The standard InChI is InChI=1S/C45H52N6O7/c1-28-23-40(54)43(51(2)45(56)32(16-18-47)27-39(53)34-10-5-8-30-7-3-4-9-33(30)34)31-13-15-42(58-22-20-49)36(26-31)35-24-29(12-14-41(35)57-21-19-48)25-37(50-44(28)55)38(52)11-6-17-46/h3-5,7-10,12-15,24,26,28,32,37,43H,6,11,16,18-23,25,27,47-49H2,1-2H3,(H,50,55)/t28-,32-,37+,43+/m1/s1. The number of likely N-dealkylation sites (N-methyl/N-ethyl adjacent to an activating group) is 1. The second-order valence-electron chi connectivity index (χ2n) is 14.6. The first-order valence-corrected chi connectivity index (χ1v) is 19.6. The van der Waals surface area contributed by atoms with Gasteiger partial charge in [0.05, 0.1) is 12.1 Å². The van der Waals surface area contributed by atoms with E-state index in [1.807, 2.05) is 42.5 Å². The van der Waals surface area contributed by atoms with Crippen LogP contribution in [0.5, 0.6) is 11.5 Å². The van der Waals surface area contributed by atoms with Crippen LogP contribution in [-0.2, 0) is 25.6 Å². The van der Waals surface area contributed by atoms with E-state index in [4.69, 9.17) is 26.7 Å². The molecule has 0 saturated carbocycles. The Labute approximate surface area is 338 Å². The van der Waals surface area contributed by atoms with E-state index in [0.29, 0.717) is 39.3 Å². The summed E-state index contributed by atoms with van der Waals surface area (Å²) in [5.41, 5.74) is 20.4. The number of nitrogens with one attached hydrogen (secondary N) is 1. The van der Waals surface area contributed by atoms with Crippen LogP contribution >= 0.6 is 0 Å². The van der Waals surface area contributed by atoms with Crippen LogP contribution < -0.4 is 32.0 Å². The molecular weight excluding hydrogens is 737 g/mol. The molecule has 0 unspecified atom stereocenters. The Morgan fingerprint density at radius 3 is 2.24 bits per heavy atom. The summed E-state index contributed by atoms with van der Waals surface area (Å²) in [5.74, 6) is -2.85. The van der Waals surface area contributed by atoms with Crippen LogP contribution in [0.1, 0.15) is 66.6 Å². The number of carbonyl (C=O) groups excluding carboxylic acids is 5. The summed E-state index contributed by atoms with van der Waals surface area (Å²) in [6.45, 7) is 2.53. The zero-order valence-electron chi connectivity index (χ0n) is 33.1. The Kier molecular flexibility index (Phi) is 15.2. The minimum Gasteiger partial charge on any atom is -0.492 e. The van der Waals surface area contributed by atoms with Crippen molar-refractivity contribution in [3.8, 4) is 28.7 Å². The first-order chi connectivity index (χ1) is 28.0. The molecule has 4 bridgehead atoms. The van der Waals surface area contributed by atoms with Gasteiger partial charge in [0.2, 0.25) is 11.8 Å². The number of benzene rings is 4. The number of ketones is 3. The lowest BCUT2D eigenvalue weighted by atomic mass is 9.88. The van der Waals surface area contributed by atoms with Crippen molar-refractivity contribution in [1.29, 1.82) is 5.26 Å². The van der Waals surface area contributed by atoms with Gasteiger partial charge in [0, 0.05) is 74.3 Å². The zero-order chi connectivity index (χ0) is 41.8. The number of carbonyl (C=O) groups is 5. The monoisotopic (exact) mass is 788 g/mol. The molecule has 13 nitrogen and oxygen atoms in total. The van der Waals surface area contributed by atoms with Gasteiger partial charge in [0.25, 0.3) is 0 Å². The van der Waals surface area contributed by atoms with Crippen molar-refractivity contribution in [3.63, 3.8) is 0 Å². The molecule has 0 aliphatic carbocycles. The molecule has 0 radical (unpaired) electrons. The summed E-state index contributed by atoms with van der Waals surface area (Å²) in [6, 6.07) is 23.3. The summed E-state index contributed by atoms with van der Waals surface area (Å²) in [4.78, 5) is 71.6. The predicted molar refractivity (Wildman–Crippen MR) is 221 cm³/mol. The van der Waals surface area contributed by atoms with E-state index in [1.54, 1.807) is 49.4 Å². The highest BCUT2D eigenvalue weighted by Crippen LogP contribution is 2.41. The van der Waals surface area contributed by atoms with Crippen molar-refractivity contribution >= 4 is 39.9 Å². The number of ether oxygens (including phenoxy) is 2. The van der Waals surface area contributed by atoms with Crippen molar-refractivity contribution in [2.24, 2.45) is 29.0 Å². The van der Waals surface area contributed by atoms with Crippen molar-refractivity contribution < 1.29 is 33.4 Å². The van der Waals surface area contributed by atoms with E-state index in [-0.39, 0.29) is 82.9 Å². The van der Waals surface area contributed by atoms with E-state index in [1.165, 1.54) is 11.9 Å². The largest absolute Gasteiger partial charge is 0.492 e. The summed E-state index contributed by atoms with van der Waals surface area (Å²) in [7, 11) is 1.52. The van der Waals surface area contributed by atoms with Gasteiger partial charge in [0.1, 0.15) is 30.8 Å². The minimum absolute atomic E-state index is 0.0221. The first kappa shape index (κ1) is 43.2. The number of hydrogen-bond acceptors (Lipinski definition) is 11. The fourth-order valence-electron chi connectivity index (χ4n) is 7.44. The molecule has 0 saturated heterocycles. The van der Waals surface area contributed by atoms with Crippen LogP contribution in [0.25, 0.3) is 21.9 Å². The number of nitriles is 1. The van der Waals surface area contributed by atoms with Gasteiger partial charge in [-0.2, -0.15) is 5.26 Å². The predicted octanol–water partition coefficient (Wildman–Crippen LogP) is 4.43. The zero-order valence-corrected chi connectivity index (χ0v) is 33.1. The highest BCUT2D eigenvalue weighted by atomic mass is 16.5. The van der Waals surface area contributed by atoms with Gasteiger partial charge in [-0.15, -0.1) is 0 Å². The average Bonchev–Trinajstić information content (AvgIpc) is 3.23. The maximum atomic E-state index is 14.6. The Hall–Kier alpha value is -5.94. The van der Waals surface area contributed by atoms with Gasteiger partial charge in [0.15, 0.2) is 17.3 Å². The van der Waals surface area contributed by atoms with E-state index in [0.717, 1.165) is 10.8 Å². The van der Waals surface area contributed by atoms with E-state index < -0.39 is 41.5 Å². The van der Waals surface area contributed by atoms with E-state index in [9.17, 15) is 29.2 Å². The molecule has 1 aliphatic heterocycles. The Balaban J connectivity index is 1.63. The Morgan fingerprint density at radius 1 is 0.879 bits per heavy atom. The summed E-state index contributed by atoms with van der Waals surface area (Å²) >= 11 is 0. The van der Waals surface area contributed by atoms with Crippen molar-refractivity contribution in [2.75, 3.05) is 39.9 Å². The van der Waals surface area contributed by atoms with Crippen LogP contribution in [0.4, 0.5) is 0 Å². The average molecular weight is 789 g/mol. The first-order valence-electron chi connectivity index (χ1n) is 19.6. The number of nitrogens with zero attached hydrogens (tertiary/aromatic N) is 2. The Morgan fingerprint density at radius 2 is 1.55 bits per heavy atom. The van der Waals surface area contributed by atoms with Crippen molar-refractivity contribution in [1.82, 2.24) is 10.2 Å². The summed E-state index contributed by atoms with van der Waals surface area (Å²) < 4.78 is 12.2. The number of nitrogens with two attached hydrogens (primary N) is 3. The number of rotatable bonds is 16. The van der Waals surface area contributed by atoms with Crippen LogP contribution in [0, 0.1) is 23.2 Å². The smallest absolute Gasteiger partial charge is 0.226 e. The lowest BCUT2D eigenvalue weighted by Gasteiger charge is -2.32. The van der Waals surface area contributed by atoms with Gasteiger partial charge >= 0.3 is 0 Å². The molecule has 4 atom stereocenters. The molecule has 1 aliphatic rings. The van der Waals surface area contributed by atoms with Gasteiger partial charge in [-0.3, -0.25) is 24.0 Å². The lowest BCUT2D eigenvalue weighted by Crippen LogP contribution is -2.46. The highest BCUT2D eigenvalue weighted by Gasteiger charge is 2.36. The van der Waals surface area contributed by atoms with Crippen LogP contribution in [-0.4, -0.2) is 80.0 Å². The molecule has 0 spiro atoms. The minimum atomic E-state index is -1.20. The third-order valence-electron chi connectivity index (χ3n) is 10.4. The molecule has 1 heterocycles. The second kappa shape index (κ2) is 20.5. The molecule has 7 N–H and O–H groups in total. The molecule has 0 fully saturated rings. The molecule has 2 amide bonds. The van der Waals surface area contributed by atoms with Crippen LogP contribution in [0.2, 0.25) is 0 Å². The SMILES string of the molecule is C[C@@H]1CC(=O)[C@@H](N(C)C(=O)[C@H](CCN)CC(=O)c2cccc3ccccc23)c2ccc(OCCN)c(c2)-c2cc(ccc2OCCN)C[C@@H](C(=O)CCC#N)NC1=O. The highest BCUT2D eigenvalue weighted by molar-refractivity contribution is 6.09. The molecule has 58 heavy (non-hydrogen) atoms. The normalized spacial score (nSPS) is 17.3. The number of hydrogen-bond donors (Lipinski definition) is 4. The van der Waals surface area contributed by atoms with Gasteiger partial charge in [-0.25, -0.2) is 0 Å². The van der Waals surface area contributed by atoms with Gasteiger partial charge < -0.3 is 36.9 Å². The quantitative estimate of drug-likeness (QED) is 0.116. The van der Waals surface area contributed by atoms with Crippen LogP contribution in [0.15, 0.2) is 78.9 Å². The van der Waals surface area contributed by atoms with Gasteiger partial charge in [-0.05, 0) is 65.6 Å². The Bertz CT molecular complexity index is 2180. The number of fused-ring (bicyclic) bond motifs is 6. The maximum Gasteiger partial charge on any atom is 0.226 e.